The topological polar surface area (TPSA) is 113 Å². The molecule has 7 nitrogen and oxygen atoms in total. The molecule has 0 heterocycles. The van der Waals surface area contributed by atoms with Gasteiger partial charge in [-0.1, -0.05) is 24.3 Å². The first-order valence-corrected chi connectivity index (χ1v) is 9.62. The highest BCUT2D eigenvalue weighted by molar-refractivity contribution is 7.90. The highest BCUT2D eigenvalue weighted by atomic mass is 32.2. The predicted molar refractivity (Wildman–Crippen MR) is 99.3 cm³/mol. The molecule has 0 saturated heterocycles. The third-order valence-corrected chi connectivity index (χ3v) is 4.51. The second-order valence-corrected chi connectivity index (χ2v) is 7.48. The van der Waals surface area contributed by atoms with Crippen molar-refractivity contribution in [3.8, 4) is 6.07 Å². The number of esters is 1. The Balaban J connectivity index is 1.91. The Labute approximate surface area is 156 Å². The number of hydrogen-bond acceptors (Lipinski definition) is 6. The minimum atomic E-state index is -3.51. The van der Waals surface area contributed by atoms with Crippen LogP contribution in [0.2, 0.25) is 0 Å². The summed E-state index contributed by atoms with van der Waals surface area (Å²) in [6.07, 6.45) is 3.67. The van der Waals surface area contributed by atoms with Crippen LogP contribution in [0.5, 0.6) is 0 Å². The first kappa shape index (κ1) is 19.9. The first-order chi connectivity index (χ1) is 12.8. The zero-order chi connectivity index (χ0) is 19.9. The quantitative estimate of drug-likeness (QED) is 0.603. The molecule has 0 atom stereocenters. The molecular weight excluding hydrogens is 368 g/mol. The van der Waals surface area contributed by atoms with Crippen molar-refractivity contribution >= 4 is 33.5 Å². The van der Waals surface area contributed by atoms with E-state index >= 15 is 0 Å². The molecule has 1 amide bonds. The Bertz CT molecular complexity index is 1020. The van der Waals surface area contributed by atoms with Gasteiger partial charge in [0, 0.05) is 12.3 Å². The lowest BCUT2D eigenvalue weighted by molar-refractivity contribution is -0.142. The van der Waals surface area contributed by atoms with Crippen LogP contribution < -0.4 is 5.32 Å². The molecule has 0 radical (unpaired) electrons. The van der Waals surface area contributed by atoms with Gasteiger partial charge in [-0.3, -0.25) is 4.79 Å². The standard InChI is InChI=1S/C19H16N2O5S/c1-27(24,25)17-5-3-2-4-16(17)21-18(22)13-26-19(23)11-10-14-6-8-15(12-20)9-7-14/h2-11H,13H2,1H3,(H,21,22)/b11-10+. The number of nitriles is 1. The Morgan fingerprint density at radius 3 is 2.44 bits per heavy atom. The van der Waals surface area contributed by atoms with Gasteiger partial charge in [0.25, 0.3) is 5.91 Å². The van der Waals surface area contributed by atoms with Crippen molar-refractivity contribution in [3.63, 3.8) is 0 Å². The van der Waals surface area contributed by atoms with Crippen molar-refractivity contribution in [1.82, 2.24) is 0 Å². The molecule has 2 aromatic carbocycles. The number of nitrogens with zero attached hydrogens (tertiary/aromatic N) is 1. The number of anilines is 1. The van der Waals surface area contributed by atoms with Crippen molar-refractivity contribution in [2.24, 2.45) is 0 Å². The summed E-state index contributed by atoms with van der Waals surface area (Å²) in [6.45, 7) is -0.561. The van der Waals surface area contributed by atoms with Gasteiger partial charge in [-0.05, 0) is 35.9 Å². The number of amides is 1. The van der Waals surface area contributed by atoms with E-state index in [2.05, 4.69) is 5.32 Å². The minimum Gasteiger partial charge on any atom is -0.452 e. The van der Waals surface area contributed by atoms with Crippen molar-refractivity contribution in [2.75, 3.05) is 18.2 Å². The van der Waals surface area contributed by atoms with Crippen molar-refractivity contribution in [1.29, 1.82) is 5.26 Å². The van der Waals surface area contributed by atoms with Gasteiger partial charge < -0.3 is 10.1 Å². The first-order valence-electron chi connectivity index (χ1n) is 7.73. The average molecular weight is 384 g/mol. The zero-order valence-corrected chi connectivity index (χ0v) is 15.2. The van der Waals surface area contributed by atoms with Gasteiger partial charge >= 0.3 is 5.97 Å². The summed E-state index contributed by atoms with van der Waals surface area (Å²) in [5.74, 6) is -1.39. The van der Waals surface area contributed by atoms with Crippen molar-refractivity contribution in [3.05, 3.63) is 65.7 Å². The Kier molecular flexibility index (Phi) is 6.46. The number of para-hydroxylation sites is 1. The summed E-state index contributed by atoms with van der Waals surface area (Å²) in [7, 11) is -3.51. The van der Waals surface area contributed by atoms with E-state index in [1.165, 1.54) is 18.2 Å². The van der Waals surface area contributed by atoms with Gasteiger partial charge in [0.15, 0.2) is 16.4 Å². The number of ether oxygens (including phenoxy) is 1. The largest absolute Gasteiger partial charge is 0.452 e. The van der Waals surface area contributed by atoms with Crippen LogP contribution >= 0.6 is 0 Å². The number of benzene rings is 2. The molecule has 2 rings (SSSR count). The van der Waals surface area contributed by atoms with Gasteiger partial charge in [0.1, 0.15) is 0 Å². The van der Waals surface area contributed by atoms with E-state index in [9.17, 15) is 18.0 Å². The Morgan fingerprint density at radius 1 is 1.15 bits per heavy atom. The lowest BCUT2D eigenvalue weighted by Crippen LogP contribution is -2.21. The third-order valence-electron chi connectivity index (χ3n) is 3.36. The molecule has 0 bridgehead atoms. The second kappa shape index (κ2) is 8.78. The van der Waals surface area contributed by atoms with E-state index in [1.54, 1.807) is 36.4 Å². The fourth-order valence-corrected chi connectivity index (χ4v) is 2.94. The minimum absolute atomic E-state index is 0.0228. The predicted octanol–water partition coefficient (Wildman–Crippen LogP) is 2.16. The molecule has 0 saturated carbocycles. The molecule has 2 aromatic rings. The molecule has 0 aliphatic rings. The maximum Gasteiger partial charge on any atom is 0.331 e. The summed E-state index contributed by atoms with van der Waals surface area (Å²) in [5.41, 5.74) is 1.31. The third kappa shape index (κ3) is 6.09. The lowest BCUT2D eigenvalue weighted by Gasteiger charge is -2.09. The number of rotatable bonds is 6. The molecule has 0 aliphatic carbocycles. The van der Waals surface area contributed by atoms with Gasteiger partial charge in [-0.2, -0.15) is 5.26 Å². The SMILES string of the molecule is CS(=O)(=O)c1ccccc1NC(=O)COC(=O)/C=C/c1ccc(C#N)cc1. The Morgan fingerprint density at radius 2 is 1.81 bits per heavy atom. The van der Waals surface area contributed by atoms with Crippen LogP contribution in [-0.4, -0.2) is 33.2 Å². The van der Waals surface area contributed by atoms with Gasteiger partial charge in [-0.15, -0.1) is 0 Å². The maximum absolute atomic E-state index is 11.9. The number of nitrogens with one attached hydrogen (secondary N) is 1. The van der Waals surface area contributed by atoms with Gasteiger partial charge in [-0.25, -0.2) is 13.2 Å². The fourth-order valence-electron chi connectivity index (χ4n) is 2.10. The highest BCUT2D eigenvalue weighted by Gasteiger charge is 2.15. The van der Waals surface area contributed by atoms with E-state index in [-0.39, 0.29) is 10.6 Å². The van der Waals surface area contributed by atoms with Crippen LogP contribution in [0.4, 0.5) is 5.69 Å². The van der Waals surface area contributed by atoms with E-state index in [0.717, 1.165) is 12.3 Å². The van der Waals surface area contributed by atoms with Crippen LogP contribution in [0.3, 0.4) is 0 Å². The average Bonchev–Trinajstić information content (AvgIpc) is 2.64. The molecule has 0 unspecified atom stereocenters. The molecule has 8 heteroatoms. The van der Waals surface area contributed by atoms with E-state index in [1.807, 2.05) is 6.07 Å². The molecule has 0 spiro atoms. The summed E-state index contributed by atoms with van der Waals surface area (Å²) >= 11 is 0. The fraction of sp³-hybridized carbons (Fsp3) is 0.105. The molecule has 0 aromatic heterocycles. The normalized spacial score (nSPS) is 11.0. The molecule has 0 fully saturated rings. The van der Waals surface area contributed by atoms with E-state index < -0.39 is 28.3 Å². The van der Waals surface area contributed by atoms with Crippen LogP contribution in [0.15, 0.2) is 59.5 Å². The lowest BCUT2D eigenvalue weighted by atomic mass is 10.1. The Hall–Kier alpha value is -3.44. The van der Waals surface area contributed by atoms with Crippen LogP contribution in [0, 0.1) is 11.3 Å². The monoisotopic (exact) mass is 384 g/mol. The number of hydrogen-bond donors (Lipinski definition) is 1. The summed E-state index contributed by atoms with van der Waals surface area (Å²) in [6, 6.07) is 14.5. The summed E-state index contributed by atoms with van der Waals surface area (Å²) in [5, 5.41) is 11.1. The summed E-state index contributed by atoms with van der Waals surface area (Å²) in [4.78, 5) is 23.6. The molecule has 1 N–H and O–H groups in total. The van der Waals surface area contributed by atoms with Crippen LogP contribution in [0.25, 0.3) is 6.08 Å². The second-order valence-electron chi connectivity index (χ2n) is 5.49. The van der Waals surface area contributed by atoms with Crippen molar-refractivity contribution in [2.45, 2.75) is 4.90 Å². The zero-order valence-electron chi connectivity index (χ0n) is 14.4. The summed E-state index contributed by atoms with van der Waals surface area (Å²) < 4.78 is 28.2. The van der Waals surface area contributed by atoms with Crippen molar-refractivity contribution < 1.29 is 22.7 Å². The van der Waals surface area contributed by atoms with Gasteiger partial charge in [0.2, 0.25) is 0 Å². The molecule has 0 aliphatic heterocycles. The number of sulfone groups is 1. The van der Waals surface area contributed by atoms with E-state index in [4.69, 9.17) is 10.00 Å². The van der Waals surface area contributed by atoms with Crippen LogP contribution in [0.1, 0.15) is 11.1 Å². The molecule has 27 heavy (non-hydrogen) atoms. The smallest absolute Gasteiger partial charge is 0.331 e. The molecular formula is C19H16N2O5S. The van der Waals surface area contributed by atoms with E-state index in [0.29, 0.717) is 11.1 Å². The number of carbonyl (C=O) groups excluding carboxylic acids is 2. The maximum atomic E-state index is 11.9. The number of carbonyl (C=O) groups is 2. The van der Waals surface area contributed by atoms with Gasteiger partial charge in [0.05, 0.1) is 22.2 Å². The van der Waals surface area contributed by atoms with Crippen LogP contribution in [-0.2, 0) is 24.2 Å². The highest BCUT2D eigenvalue weighted by Crippen LogP contribution is 2.20. The molecule has 138 valence electrons.